The lowest BCUT2D eigenvalue weighted by Gasteiger charge is -2.25. The van der Waals surface area contributed by atoms with Crippen molar-refractivity contribution >= 4 is 8.25 Å². The van der Waals surface area contributed by atoms with Gasteiger partial charge in [0.05, 0.1) is 6.10 Å². The molecule has 11 heteroatoms. The van der Waals surface area contributed by atoms with Crippen molar-refractivity contribution in [2.24, 2.45) is 0 Å². The predicted molar refractivity (Wildman–Crippen MR) is 84.0 cm³/mol. The first-order valence-corrected chi connectivity index (χ1v) is 8.95. The van der Waals surface area contributed by atoms with E-state index in [4.69, 9.17) is 23.6 Å². The second-order valence-corrected chi connectivity index (χ2v) is 7.22. The van der Waals surface area contributed by atoms with Crippen molar-refractivity contribution in [3.63, 3.8) is 0 Å². The van der Waals surface area contributed by atoms with E-state index in [1.54, 1.807) is 20.8 Å². The Labute approximate surface area is 143 Å². The van der Waals surface area contributed by atoms with Crippen LogP contribution in [0.4, 0.5) is 0 Å². The molecule has 2 fully saturated rings. The van der Waals surface area contributed by atoms with Crippen molar-refractivity contribution < 1.29 is 28.2 Å². The third-order valence-electron chi connectivity index (χ3n) is 4.08. The third-order valence-corrected chi connectivity index (χ3v) is 4.63. The number of hydrogen-bond donors (Lipinski definition) is 2. The summed E-state index contributed by atoms with van der Waals surface area (Å²) < 4.78 is 34.6. The maximum absolute atomic E-state index is 12.1. The second kappa shape index (κ2) is 6.71. The number of aromatic nitrogens is 2. The van der Waals surface area contributed by atoms with Gasteiger partial charge in [-0.05, 0) is 20.8 Å². The Balaban J connectivity index is 1.86. The zero-order valence-corrected chi connectivity index (χ0v) is 14.8. The maximum Gasteiger partial charge on any atom is 0.694 e. The molecule has 0 radical (unpaired) electrons. The Bertz CT molecular complexity index is 775. The molecule has 0 bridgehead atoms. The van der Waals surface area contributed by atoms with Gasteiger partial charge in [-0.2, -0.15) is 0 Å². The molecular formula is C14H20N2O8P+. The quantitative estimate of drug-likeness (QED) is 0.708. The lowest BCUT2D eigenvalue weighted by Crippen LogP contribution is -2.37. The summed E-state index contributed by atoms with van der Waals surface area (Å²) in [6.07, 6.45) is -1.31. The largest absolute Gasteiger partial charge is 0.694 e. The monoisotopic (exact) mass is 375 g/mol. The number of aromatic amines is 1. The fourth-order valence-electron chi connectivity index (χ4n) is 3.22. The number of nitrogens with one attached hydrogen (secondary N) is 1. The van der Waals surface area contributed by atoms with E-state index in [1.807, 2.05) is 0 Å². The molecule has 25 heavy (non-hydrogen) atoms. The van der Waals surface area contributed by atoms with E-state index in [-0.39, 0.29) is 6.42 Å². The van der Waals surface area contributed by atoms with Gasteiger partial charge in [-0.15, -0.1) is 9.42 Å². The Morgan fingerprint density at radius 1 is 1.40 bits per heavy atom. The van der Waals surface area contributed by atoms with Gasteiger partial charge in [0.15, 0.2) is 12.0 Å². The molecule has 3 unspecified atom stereocenters. The summed E-state index contributed by atoms with van der Waals surface area (Å²) in [6, 6.07) is 1.22. The minimum Gasteiger partial charge on any atom is -0.349 e. The highest BCUT2D eigenvalue weighted by Gasteiger charge is 2.56. The van der Waals surface area contributed by atoms with E-state index in [2.05, 4.69) is 4.98 Å². The van der Waals surface area contributed by atoms with Crippen LogP contribution < -0.4 is 11.2 Å². The van der Waals surface area contributed by atoms with Crippen molar-refractivity contribution in [3.8, 4) is 0 Å². The van der Waals surface area contributed by atoms with Crippen LogP contribution in [0.2, 0.25) is 0 Å². The Morgan fingerprint density at radius 2 is 2.08 bits per heavy atom. The molecule has 3 heterocycles. The van der Waals surface area contributed by atoms with Crippen molar-refractivity contribution in [1.29, 1.82) is 0 Å². The predicted octanol–water partition coefficient (Wildman–Crippen LogP) is 0.399. The number of rotatable bonds is 5. The summed E-state index contributed by atoms with van der Waals surface area (Å²) in [5.41, 5.74) is -1.13. The van der Waals surface area contributed by atoms with Crippen LogP contribution in [0, 0.1) is 0 Å². The van der Waals surface area contributed by atoms with Gasteiger partial charge in [-0.25, -0.2) is 4.79 Å². The fraction of sp³-hybridized carbons (Fsp3) is 0.714. The molecule has 2 N–H and O–H groups in total. The van der Waals surface area contributed by atoms with Gasteiger partial charge in [0, 0.05) is 23.2 Å². The van der Waals surface area contributed by atoms with Crippen LogP contribution in [0.5, 0.6) is 0 Å². The molecule has 2 aliphatic rings. The van der Waals surface area contributed by atoms with E-state index in [9.17, 15) is 14.2 Å². The van der Waals surface area contributed by atoms with Crippen molar-refractivity contribution in [2.45, 2.75) is 63.6 Å². The average molecular weight is 375 g/mol. The van der Waals surface area contributed by atoms with Crippen molar-refractivity contribution in [3.05, 3.63) is 33.1 Å². The molecule has 1 aromatic heterocycles. The lowest BCUT2D eigenvalue weighted by atomic mass is 10.1. The van der Waals surface area contributed by atoms with Gasteiger partial charge < -0.3 is 14.2 Å². The average Bonchev–Trinajstić information content (AvgIpc) is 2.93. The molecule has 1 aromatic rings. The molecule has 2 saturated heterocycles. The number of hydrogen-bond acceptors (Lipinski definition) is 7. The molecule has 2 aliphatic heterocycles. The zero-order chi connectivity index (χ0) is 18.4. The normalized spacial score (nSPS) is 32.4. The molecule has 138 valence electrons. The summed E-state index contributed by atoms with van der Waals surface area (Å²) in [6.45, 7) is 5.14. The summed E-state index contributed by atoms with van der Waals surface area (Å²) in [5, 5.41) is 0. The van der Waals surface area contributed by atoms with Gasteiger partial charge in [0.1, 0.15) is 18.3 Å². The first kappa shape index (κ1) is 18.4. The summed E-state index contributed by atoms with van der Waals surface area (Å²) in [4.78, 5) is 34.4. The van der Waals surface area contributed by atoms with Crippen molar-refractivity contribution in [2.75, 3.05) is 0 Å². The highest BCUT2D eigenvalue weighted by Crippen LogP contribution is 2.44. The van der Waals surface area contributed by atoms with Gasteiger partial charge in [0.25, 0.3) is 5.56 Å². The van der Waals surface area contributed by atoms with Crippen LogP contribution in [-0.2, 0) is 23.3 Å². The van der Waals surface area contributed by atoms with E-state index in [1.165, 1.54) is 16.8 Å². The van der Waals surface area contributed by atoms with Crippen LogP contribution in [0.15, 0.2) is 21.9 Å². The number of H-pyrrole nitrogens is 1. The minimum atomic E-state index is -2.73. The number of ether oxygens (including phenoxy) is 3. The summed E-state index contributed by atoms with van der Waals surface area (Å²) in [7, 11) is -2.73. The van der Waals surface area contributed by atoms with Crippen LogP contribution in [0.25, 0.3) is 0 Å². The first-order valence-electron chi connectivity index (χ1n) is 7.82. The third kappa shape index (κ3) is 3.89. The van der Waals surface area contributed by atoms with Crippen molar-refractivity contribution in [1.82, 2.24) is 9.55 Å². The minimum absolute atomic E-state index is 0.275. The van der Waals surface area contributed by atoms with E-state index in [0.717, 1.165) is 0 Å². The van der Waals surface area contributed by atoms with Gasteiger partial charge in [-0.1, -0.05) is 0 Å². The van der Waals surface area contributed by atoms with Crippen LogP contribution in [0.3, 0.4) is 0 Å². The molecule has 0 spiro atoms. The standard InChI is InChI=1S/C14H19N2O8P/c1-7(24-25(19)20)6-8-10-11(23-14(2,3)22-10)12(21-8)16-5-4-9(17)15-13(16)18/h4-5,7-8,10-12H,6H2,1-3H3,(H-,15,17,18,19,20)/p+1/t7?,8-,10-,11-,12?/m1/s1. The molecule has 0 saturated carbocycles. The topological polar surface area (TPSA) is 129 Å². The Kier molecular flexibility index (Phi) is 4.93. The number of nitrogens with zero attached hydrogens (tertiary/aromatic N) is 1. The zero-order valence-electron chi connectivity index (χ0n) is 13.9. The summed E-state index contributed by atoms with van der Waals surface area (Å²) in [5.74, 6) is -0.867. The van der Waals surface area contributed by atoms with Crippen LogP contribution >= 0.6 is 8.25 Å². The van der Waals surface area contributed by atoms with E-state index >= 15 is 0 Å². The van der Waals surface area contributed by atoms with Crippen LogP contribution in [-0.4, -0.2) is 44.6 Å². The Hall–Kier alpha value is -1.42. The van der Waals surface area contributed by atoms with E-state index in [0.29, 0.717) is 0 Å². The number of fused-ring (bicyclic) bond motifs is 1. The van der Waals surface area contributed by atoms with Gasteiger partial charge >= 0.3 is 13.9 Å². The highest BCUT2D eigenvalue weighted by atomic mass is 31.1. The molecule has 6 atom stereocenters. The van der Waals surface area contributed by atoms with Gasteiger partial charge in [0.2, 0.25) is 0 Å². The molecular weight excluding hydrogens is 355 g/mol. The summed E-state index contributed by atoms with van der Waals surface area (Å²) >= 11 is 0. The van der Waals surface area contributed by atoms with E-state index < -0.39 is 55.9 Å². The smallest absolute Gasteiger partial charge is 0.349 e. The SMILES string of the molecule is CC(C[C@H]1OC(n2ccc(=O)[nH]c2=O)[C@@H]2OC(C)(C)O[C@H]12)O[P+](=O)O. The van der Waals surface area contributed by atoms with Gasteiger partial charge in [-0.3, -0.25) is 14.3 Å². The fourth-order valence-corrected chi connectivity index (χ4v) is 3.62. The highest BCUT2D eigenvalue weighted by molar-refractivity contribution is 7.32. The molecule has 0 aromatic carbocycles. The van der Waals surface area contributed by atoms with Crippen LogP contribution in [0.1, 0.15) is 33.4 Å². The Morgan fingerprint density at radius 3 is 2.72 bits per heavy atom. The lowest BCUT2D eigenvalue weighted by molar-refractivity contribution is -0.199. The molecule has 0 aliphatic carbocycles. The second-order valence-electron chi connectivity index (χ2n) is 6.54. The first-order chi connectivity index (χ1) is 11.7. The molecule has 10 nitrogen and oxygen atoms in total. The maximum atomic E-state index is 12.1. The molecule has 0 amide bonds. The molecule has 3 rings (SSSR count).